The molecule has 4 nitrogen and oxygen atoms in total. The molecule has 2 aliphatic carbocycles. The predicted octanol–water partition coefficient (Wildman–Crippen LogP) is 2.74. The Balaban J connectivity index is 2.14. The van der Waals surface area contributed by atoms with Gasteiger partial charge in [0.1, 0.15) is 0 Å². The Bertz CT molecular complexity index is 413. The van der Waals surface area contributed by atoms with Crippen LogP contribution in [0, 0.1) is 17.8 Å². The van der Waals surface area contributed by atoms with Crippen LogP contribution in [0.4, 0.5) is 0 Å². The third kappa shape index (κ3) is 3.86. The molecule has 3 N–H and O–H groups in total. The lowest BCUT2D eigenvalue weighted by molar-refractivity contribution is -0.138. The Hall–Kier alpha value is -0.870. The number of hydrogen-bond donors (Lipinski definition) is 3. The topological polar surface area (TPSA) is 77.8 Å². The van der Waals surface area contributed by atoms with Gasteiger partial charge >= 0.3 is 5.97 Å². The zero-order valence-electron chi connectivity index (χ0n) is 13.1. The largest absolute Gasteiger partial charge is 0.481 e. The molecule has 0 bridgehead atoms. The molecule has 1 fully saturated rings. The van der Waals surface area contributed by atoms with Gasteiger partial charge in [0, 0.05) is 5.92 Å². The molecule has 0 aliphatic heterocycles. The van der Waals surface area contributed by atoms with Gasteiger partial charge in [-0.3, -0.25) is 4.79 Å². The van der Waals surface area contributed by atoms with E-state index in [1.54, 1.807) is 0 Å². The molecule has 0 radical (unpaired) electrons. The standard InChI is InChI=1S/C17H28O4/c1-3-12(11-5-4-8-17(2,21)10-11)13-6-7-15(18)14(13)9-16(19)20/h6,11-12,14-15,18,21H,3-5,7-10H2,1-2H3,(H,19,20). The van der Waals surface area contributed by atoms with E-state index < -0.39 is 17.7 Å². The van der Waals surface area contributed by atoms with Crippen molar-refractivity contribution in [3.63, 3.8) is 0 Å². The summed E-state index contributed by atoms with van der Waals surface area (Å²) in [5.41, 5.74) is 0.520. The van der Waals surface area contributed by atoms with Gasteiger partial charge in [0.2, 0.25) is 0 Å². The third-order valence-electron chi connectivity index (χ3n) is 5.31. The molecular weight excluding hydrogens is 268 g/mol. The summed E-state index contributed by atoms with van der Waals surface area (Å²) in [6.45, 7) is 4.02. The van der Waals surface area contributed by atoms with Crippen molar-refractivity contribution < 1.29 is 20.1 Å². The Kier molecular flexibility index (Phi) is 5.10. The summed E-state index contributed by atoms with van der Waals surface area (Å²) >= 11 is 0. The highest BCUT2D eigenvalue weighted by atomic mass is 16.4. The highest BCUT2D eigenvalue weighted by Crippen LogP contribution is 2.45. The Morgan fingerprint density at radius 1 is 1.52 bits per heavy atom. The van der Waals surface area contributed by atoms with Crippen LogP contribution >= 0.6 is 0 Å². The lowest BCUT2D eigenvalue weighted by Crippen LogP contribution is -2.36. The summed E-state index contributed by atoms with van der Waals surface area (Å²) in [6, 6.07) is 0. The first-order valence-corrected chi connectivity index (χ1v) is 8.16. The molecule has 0 aromatic rings. The minimum absolute atomic E-state index is 0.00656. The molecule has 120 valence electrons. The number of carbonyl (C=O) groups is 1. The summed E-state index contributed by atoms with van der Waals surface area (Å²) < 4.78 is 0. The molecule has 0 heterocycles. The average Bonchev–Trinajstić information content (AvgIpc) is 2.71. The molecule has 0 amide bonds. The second-order valence-electron chi connectivity index (χ2n) is 7.08. The van der Waals surface area contributed by atoms with Crippen LogP contribution in [0.15, 0.2) is 11.6 Å². The molecular formula is C17H28O4. The van der Waals surface area contributed by atoms with Crippen LogP contribution in [0.2, 0.25) is 0 Å². The van der Waals surface area contributed by atoms with E-state index in [0.717, 1.165) is 37.7 Å². The normalized spacial score (nSPS) is 38.1. The van der Waals surface area contributed by atoms with E-state index in [1.807, 2.05) is 6.92 Å². The average molecular weight is 296 g/mol. The van der Waals surface area contributed by atoms with Crippen molar-refractivity contribution in [2.45, 2.75) is 70.5 Å². The SMILES string of the molecule is CCC(C1=CCC(O)C1CC(=O)O)C1CCCC(C)(O)C1. The van der Waals surface area contributed by atoms with Crippen molar-refractivity contribution in [3.05, 3.63) is 11.6 Å². The lowest BCUT2D eigenvalue weighted by Gasteiger charge is -2.39. The van der Waals surface area contributed by atoms with Gasteiger partial charge in [-0.25, -0.2) is 0 Å². The van der Waals surface area contributed by atoms with Crippen molar-refractivity contribution in [1.82, 2.24) is 0 Å². The highest BCUT2D eigenvalue weighted by molar-refractivity contribution is 5.68. The number of carboxylic acid groups (broad SMARTS) is 1. The fourth-order valence-corrected chi connectivity index (χ4v) is 4.36. The van der Waals surface area contributed by atoms with Gasteiger partial charge in [0.05, 0.1) is 18.1 Å². The van der Waals surface area contributed by atoms with Crippen LogP contribution in [0.3, 0.4) is 0 Å². The Labute approximate surface area is 126 Å². The van der Waals surface area contributed by atoms with Crippen molar-refractivity contribution in [3.8, 4) is 0 Å². The van der Waals surface area contributed by atoms with E-state index in [2.05, 4.69) is 13.0 Å². The van der Waals surface area contributed by atoms with Crippen molar-refractivity contribution in [2.75, 3.05) is 0 Å². The molecule has 1 saturated carbocycles. The van der Waals surface area contributed by atoms with Crippen LogP contribution in [0.1, 0.15) is 58.8 Å². The summed E-state index contributed by atoms with van der Waals surface area (Å²) in [6.07, 6.45) is 6.73. The summed E-state index contributed by atoms with van der Waals surface area (Å²) in [5.74, 6) is -0.415. The molecule has 5 unspecified atom stereocenters. The number of aliphatic carboxylic acids is 1. The maximum Gasteiger partial charge on any atom is 0.304 e. The molecule has 0 aromatic carbocycles. The van der Waals surface area contributed by atoms with E-state index in [-0.39, 0.29) is 12.3 Å². The second-order valence-corrected chi connectivity index (χ2v) is 7.08. The van der Waals surface area contributed by atoms with E-state index in [0.29, 0.717) is 18.3 Å². The van der Waals surface area contributed by atoms with Gasteiger partial charge in [-0.1, -0.05) is 25.0 Å². The number of aliphatic hydroxyl groups excluding tert-OH is 1. The number of rotatable bonds is 5. The first-order valence-electron chi connectivity index (χ1n) is 8.16. The summed E-state index contributed by atoms with van der Waals surface area (Å²) in [4.78, 5) is 11.1. The summed E-state index contributed by atoms with van der Waals surface area (Å²) in [7, 11) is 0. The number of hydrogen-bond acceptors (Lipinski definition) is 3. The fraction of sp³-hybridized carbons (Fsp3) is 0.824. The van der Waals surface area contributed by atoms with Gasteiger partial charge in [-0.15, -0.1) is 0 Å². The van der Waals surface area contributed by atoms with E-state index in [4.69, 9.17) is 5.11 Å². The van der Waals surface area contributed by atoms with Crippen LogP contribution in [0.5, 0.6) is 0 Å². The quantitative estimate of drug-likeness (QED) is 0.682. The Morgan fingerprint density at radius 2 is 2.24 bits per heavy atom. The molecule has 0 spiro atoms. The predicted molar refractivity (Wildman–Crippen MR) is 80.8 cm³/mol. The second kappa shape index (κ2) is 6.49. The highest BCUT2D eigenvalue weighted by Gasteiger charge is 2.40. The zero-order chi connectivity index (χ0) is 15.6. The van der Waals surface area contributed by atoms with Gasteiger partial charge in [0.25, 0.3) is 0 Å². The maximum absolute atomic E-state index is 11.1. The molecule has 4 heteroatoms. The minimum Gasteiger partial charge on any atom is -0.481 e. The molecule has 2 rings (SSSR count). The van der Waals surface area contributed by atoms with Crippen LogP contribution in [-0.2, 0) is 4.79 Å². The number of carboxylic acids is 1. The number of aliphatic hydroxyl groups is 2. The molecule has 0 aromatic heterocycles. The van der Waals surface area contributed by atoms with Gasteiger partial charge in [-0.2, -0.15) is 0 Å². The van der Waals surface area contributed by atoms with Crippen molar-refractivity contribution in [1.29, 1.82) is 0 Å². The van der Waals surface area contributed by atoms with Crippen LogP contribution in [0.25, 0.3) is 0 Å². The molecule has 5 atom stereocenters. The maximum atomic E-state index is 11.1. The zero-order valence-corrected chi connectivity index (χ0v) is 13.1. The van der Waals surface area contributed by atoms with Gasteiger partial charge < -0.3 is 15.3 Å². The Morgan fingerprint density at radius 3 is 2.81 bits per heavy atom. The van der Waals surface area contributed by atoms with Crippen molar-refractivity contribution >= 4 is 5.97 Å². The molecule has 21 heavy (non-hydrogen) atoms. The van der Waals surface area contributed by atoms with Gasteiger partial charge in [0.15, 0.2) is 0 Å². The van der Waals surface area contributed by atoms with E-state index >= 15 is 0 Å². The first-order chi connectivity index (χ1) is 9.84. The van der Waals surface area contributed by atoms with Crippen LogP contribution in [-0.4, -0.2) is 33.0 Å². The van der Waals surface area contributed by atoms with Crippen LogP contribution < -0.4 is 0 Å². The first kappa shape index (κ1) is 16.5. The third-order valence-corrected chi connectivity index (χ3v) is 5.31. The smallest absolute Gasteiger partial charge is 0.304 e. The monoisotopic (exact) mass is 296 g/mol. The minimum atomic E-state index is -0.850. The summed E-state index contributed by atoms with van der Waals surface area (Å²) in [5, 5.41) is 29.5. The fourth-order valence-electron chi connectivity index (χ4n) is 4.36. The molecule has 2 aliphatic rings. The van der Waals surface area contributed by atoms with E-state index in [9.17, 15) is 15.0 Å². The lowest BCUT2D eigenvalue weighted by atomic mass is 9.68. The van der Waals surface area contributed by atoms with Crippen molar-refractivity contribution in [2.24, 2.45) is 17.8 Å². The van der Waals surface area contributed by atoms with E-state index in [1.165, 1.54) is 0 Å². The van der Waals surface area contributed by atoms with Gasteiger partial charge in [-0.05, 0) is 50.9 Å². The molecule has 0 saturated heterocycles.